The van der Waals surface area contributed by atoms with Gasteiger partial charge in [-0.2, -0.15) is 5.10 Å². The Balaban J connectivity index is 1.31. The maximum atomic E-state index is 12.3. The summed E-state index contributed by atoms with van der Waals surface area (Å²) in [6.45, 7) is 0. The zero-order chi connectivity index (χ0) is 22.9. The molecule has 1 atom stereocenters. The number of nitrogens with zero attached hydrogens (tertiary/aromatic N) is 2. The topological polar surface area (TPSA) is 104 Å². The number of aliphatic imine (C=N–C) groups is 1. The van der Waals surface area contributed by atoms with E-state index < -0.39 is 11.9 Å². The van der Waals surface area contributed by atoms with E-state index in [4.69, 9.17) is 4.74 Å². The molecule has 33 heavy (non-hydrogen) atoms. The predicted molar refractivity (Wildman–Crippen MR) is 126 cm³/mol. The van der Waals surface area contributed by atoms with E-state index in [-0.39, 0.29) is 12.3 Å². The summed E-state index contributed by atoms with van der Waals surface area (Å²) in [5, 5.41) is 3.99. The zero-order valence-electron chi connectivity index (χ0n) is 17.8. The fourth-order valence-electron chi connectivity index (χ4n) is 3.20. The molecule has 8 heteroatoms. The standard InChI is InChI=1S/C25H23N5O3/c31-24(16-22-25(32)30-28-23(27-22)15-18-8-3-1-4-9-18)29-26-17-19-10-7-13-21(14-19)33-20-11-5-2-6-12-20/h1-14,17,22H,15-16H2,(H,27,28)(H,29,31)(H,30,32)/t22-/m0/s1. The van der Waals surface area contributed by atoms with Gasteiger partial charge in [-0.05, 0) is 35.4 Å². The van der Waals surface area contributed by atoms with Crippen molar-refractivity contribution in [2.75, 3.05) is 0 Å². The summed E-state index contributed by atoms with van der Waals surface area (Å²) in [5.41, 5.74) is 9.61. The molecule has 0 unspecified atom stereocenters. The first-order chi connectivity index (χ1) is 16.2. The van der Waals surface area contributed by atoms with Crippen LogP contribution in [0.1, 0.15) is 17.5 Å². The van der Waals surface area contributed by atoms with E-state index in [9.17, 15) is 9.59 Å². The number of amides is 2. The summed E-state index contributed by atoms with van der Waals surface area (Å²) < 4.78 is 5.80. The second-order valence-electron chi connectivity index (χ2n) is 7.35. The number of nitrogens with one attached hydrogen (secondary N) is 3. The number of hydrazone groups is 1. The molecule has 0 saturated carbocycles. The lowest BCUT2D eigenvalue weighted by atomic mass is 10.1. The van der Waals surface area contributed by atoms with Crippen LogP contribution >= 0.6 is 0 Å². The van der Waals surface area contributed by atoms with E-state index in [1.54, 1.807) is 0 Å². The molecule has 0 fully saturated rings. The molecule has 1 aliphatic heterocycles. The van der Waals surface area contributed by atoms with Gasteiger partial charge in [-0.1, -0.05) is 60.7 Å². The van der Waals surface area contributed by atoms with Gasteiger partial charge in [0.25, 0.3) is 5.91 Å². The van der Waals surface area contributed by atoms with Crippen molar-refractivity contribution in [1.29, 1.82) is 0 Å². The largest absolute Gasteiger partial charge is 0.457 e. The maximum absolute atomic E-state index is 12.3. The number of amidine groups is 1. The van der Waals surface area contributed by atoms with E-state index >= 15 is 0 Å². The molecule has 1 heterocycles. The fourth-order valence-corrected chi connectivity index (χ4v) is 3.20. The number of hydrazine groups is 1. The van der Waals surface area contributed by atoms with E-state index in [1.807, 2.05) is 84.9 Å². The smallest absolute Gasteiger partial charge is 0.263 e. The molecule has 0 aromatic heterocycles. The molecule has 4 rings (SSSR count). The SMILES string of the molecule is O=C(C[C@@H]1N=C(Cc2ccccc2)NNC1=O)NN=Cc1cccc(Oc2ccccc2)c1. The van der Waals surface area contributed by atoms with Crippen LogP contribution < -0.4 is 21.0 Å². The van der Waals surface area contributed by atoms with Crippen molar-refractivity contribution < 1.29 is 14.3 Å². The maximum Gasteiger partial charge on any atom is 0.263 e. The van der Waals surface area contributed by atoms with Gasteiger partial charge in [-0.3, -0.25) is 25.4 Å². The number of hydrogen-bond donors (Lipinski definition) is 3. The van der Waals surface area contributed by atoms with Gasteiger partial charge in [0.15, 0.2) is 0 Å². The lowest BCUT2D eigenvalue weighted by Crippen LogP contribution is -2.52. The van der Waals surface area contributed by atoms with Crippen LogP contribution in [-0.4, -0.2) is 29.9 Å². The third-order valence-corrected chi connectivity index (χ3v) is 4.78. The van der Waals surface area contributed by atoms with E-state index in [1.165, 1.54) is 6.21 Å². The van der Waals surface area contributed by atoms with Crippen molar-refractivity contribution >= 4 is 23.9 Å². The van der Waals surface area contributed by atoms with Gasteiger partial charge >= 0.3 is 0 Å². The molecular weight excluding hydrogens is 418 g/mol. The number of para-hydroxylation sites is 1. The molecule has 0 bridgehead atoms. The monoisotopic (exact) mass is 441 g/mol. The fraction of sp³-hybridized carbons (Fsp3) is 0.120. The highest BCUT2D eigenvalue weighted by Crippen LogP contribution is 2.21. The first-order valence-electron chi connectivity index (χ1n) is 10.5. The van der Waals surface area contributed by atoms with E-state index in [0.717, 1.165) is 16.9 Å². The number of benzene rings is 3. The Labute approximate surface area is 191 Å². The minimum Gasteiger partial charge on any atom is -0.457 e. The predicted octanol–water partition coefficient (Wildman–Crippen LogP) is 2.96. The van der Waals surface area contributed by atoms with Gasteiger partial charge < -0.3 is 4.74 Å². The number of hydrogen-bond acceptors (Lipinski definition) is 6. The third-order valence-electron chi connectivity index (χ3n) is 4.78. The van der Waals surface area contributed by atoms with Crippen molar-refractivity contribution in [2.24, 2.45) is 10.1 Å². The molecule has 3 N–H and O–H groups in total. The second-order valence-corrected chi connectivity index (χ2v) is 7.35. The van der Waals surface area contributed by atoms with Crippen molar-refractivity contribution in [3.63, 3.8) is 0 Å². The average molecular weight is 441 g/mol. The van der Waals surface area contributed by atoms with Gasteiger partial charge in [0, 0.05) is 6.42 Å². The molecular formula is C25H23N5O3. The van der Waals surface area contributed by atoms with Crippen molar-refractivity contribution in [2.45, 2.75) is 18.9 Å². The molecule has 0 spiro atoms. The summed E-state index contributed by atoms with van der Waals surface area (Å²) in [4.78, 5) is 28.8. The highest BCUT2D eigenvalue weighted by Gasteiger charge is 2.25. The molecule has 166 valence electrons. The summed E-state index contributed by atoms with van der Waals surface area (Å²) in [6, 6.07) is 25.7. The Morgan fingerprint density at radius 2 is 1.70 bits per heavy atom. The van der Waals surface area contributed by atoms with Crippen molar-refractivity contribution in [1.82, 2.24) is 16.3 Å². The Morgan fingerprint density at radius 3 is 2.48 bits per heavy atom. The van der Waals surface area contributed by atoms with E-state index in [2.05, 4.69) is 26.4 Å². The molecule has 1 aliphatic rings. The number of carbonyl (C=O) groups excluding carboxylic acids is 2. The third kappa shape index (κ3) is 6.51. The first kappa shape index (κ1) is 21.8. The summed E-state index contributed by atoms with van der Waals surface area (Å²) in [5.74, 6) is 1.21. The summed E-state index contributed by atoms with van der Waals surface area (Å²) in [6.07, 6.45) is 1.93. The molecule has 0 radical (unpaired) electrons. The van der Waals surface area contributed by atoms with Crippen LogP contribution in [0, 0.1) is 0 Å². The van der Waals surface area contributed by atoms with Gasteiger partial charge in [-0.25, -0.2) is 5.43 Å². The second kappa shape index (κ2) is 10.7. The molecule has 2 amide bonds. The van der Waals surface area contributed by atoms with Crippen LogP contribution in [0.2, 0.25) is 0 Å². The summed E-state index contributed by atoms with van der Waals surface area (Å²) in [7, 11) is 0. The summed E-state index contributed by atoms with van der Waals surface area (Å²) >= 11 is 0. The van der Waals surface area contributed by atoms with Crippen LogP contribution in [0.25, 0.3) is 0 Å². The Bertz CT molecular complexity index is 1160. The zero-order valence-corrected chi connectivity index (χ0v) is 17.8. The van der Waals surface area contributed by atoms with Gasteiger partial charge in [0.1, 0.15) is 23.4 Å². The molecule has 3 aromatic rings. The van der Waals surface area contributed by atoms with Crippen LogP contribution in [-0.2, 0) is 16.0 Å². The van der Waals surface area contributed by atoms with Crippen LogP contribution in [0.15, 0.2) is 95.0 Å². The minimum absolute atomic E-state index is 0.111. The normalized spacial score (nSPS) is 15.3. The van der Waals surface area contributed by atoms with Crippen LogP contribution in [0.5, 0.6) is 11.5 Å². The Hall–Kier alpha value is -4.46. The van der Waals surface area contributed by atoms with E-state index in [0.29, 0.717) is 18.0 Å². The minimum atomic E-state index is -0.817. The number of rotatable bonds is 8. The van der Waals surface area contributed by atoms with Crippen LogP contribution in [0.3, 0.4) is 0 Å². The molecule has 3 aromatic carbocycles. The van der Waals surface area contributed by atoms with Crippen LogP contribution in [0.4, 0.5) is 0 Å². The number of ether oxygens (including phenoxy) is 1. The van der Waals surface area contributed by atoms with Gasteiger partial charge in [-0.15, -0.1) is 0 Å². The highest BCUT2D eigenvalue weighted by molar-refractivity contribution is 5.96. The lowest BCUT2D eigenvalue weighted by molar-refractivity contribution is -0.128. The molecule has 0 saturated heterocycles. The van der Waals surface area contributed by atoms with Gasteiger partial charge in [0.2, 0.25) is 5.91 Å². The number of carbonyl (C=O) groups is 2. The molecule has 8 nitrogen and oxygen atoms in total. The molecule has 0 aliphatic carbocycles. The Kier molecular flexibility index (Phi) is 7.07. The van der Waals surface area contributed by atoms with Gasteiger partial charge in [0.05, 0.1) is 12.6 Å². The lowest BCUT2D eigenvalue weighted by Gasteiger charge is -2.21. The first-order valence-corrected chi connectivity index (χ1v) is 10.5. The quantitative estimate of drug-likeness (QED) is 0.369. The average Bonchev–Trinajstić information content (AvgIpc) is 2.83. The Morgan fingerprint density at radius 1 is 0.970 bits per heavy atom. The van der Waals surface area contributed by atoms with Crippen molar-refractivity contribution in [3.8, 4) is 11.5 Å². The van der Waals surface area contributed by atoms with Crippen molar-refractivity contribution in [3.05, 3.63) is 96.1 Å². The highest BCUT2D eigenvalue weighted by atomic mass is 16.5.